The second-order valence-electron chi connectivity index (χ2n) is 4.28. The second kappa shape index (κ2) is 5.64. The third-order valence-electron chi connectivity index (χ3n) is 2.89. The molecule has 0 aromatic rings. The molecule has 2 amide bonds. The van der Waals surface area contributed by atoms with E-state index in [1.54, 1.807) is 14.1 Å². The van der Waals surface area contributed by atoms with Gasteiger partial charge in [0.15, 0.2) is 0 Å². The lowest BCUT2D eigenvalue weighted by molar-refractivity contribution is -0.136. The Morgan fingerprint density at radius 2 is 2.00 bits per heavy atom. The van der Waals surface area contributed by atoms with Gasteiger partial charge in [-0.1, -0.05) is 0 Å². The van der Waals surface area contributed by atoms with Gasteiger partial charge in [-0.25, -0.2) is 0 Å². The Labute approximate surface area is 101 Å². The van der Waals surface area contributed by atoms with Crippen LogP contribution in [-0.2, 0) is 14.3 Å². The summed E-state index contributed by atoms with van der Waals surface area (Å²) in [5, 5.41) is 11.6. The molecular formula is C11H17N3O3. The van der Waals surface area contributed by atoms with Crippen molar-refractivity contribution in [2.24, 2.45) is 5.41 Å². The molecule has 0 spiro atoms. The van der Waals surface area contributed by atoms with E-state index in [1.165, 1.54) is 4.90 Å². The molecule has 17 heavy (non-hydrogen) atoms. The van der Waals surface area contributed by atoms with Gasteiger partial charge in [-0.05, 0) is 12.8 Å². The van der Waals surface area contributed by atoms with Crippen LogP contribution in [0.5, 0.6) is 0 Å². The maximum atomic E-state index is 11.9. The summed E-state index contributed by atoms with van der Waals surface area (Å²) in [6, 6.07) is 2.05. The molecular weight excluding hydrogens is 222 g/mol. The third kappa shape index (κ3) is 3.17. The number of ether oxygens (including phenoxy) is 1. The van der Waals surface area contributed by atoms with E-state index in [4.69, 9.17) is 10.00 Å². The fraction of sp³-hybridized carbons (Fsp3) is 0.727. The van der Waals surface area contributed by atoms with Gasteiger partial charge in [0.1, 0.15) is 5.41 Å². The number of rotatable bonds is 3. The summed E-state index contributed by atoms with van der Waals surface area (Å²) >= 11 is 0. The summed E-state index contributed by atoms with van der Waals surface area (Å²) in [5.41, 5.74) is -1.04. The van der Waals surface area contributed by atoms with Gasteiger partial charge in [0, 0.05) is 27.3 Å². The van der Waals surface area contributed by atoms with E-state index >= 15 is 0 Å². The highest BCUT2D eigenvalue weighted by Crippen LogP contribution is 2.29. The molecule has 6 heteroatoms. The molecule has 0 aromatic heterocycles. The standard InChI is InChI=1S/C11H17N3O3/c1-14(2)9(15)7-13-10(16)11(8-12)3-5-17-6-4-11/h3-7H2,1-2H3,(H,13,16). The topological polar surface area (TPSA) is 82.4 Å². The first-order chi connectivity index (χ1) is 8.02. The van der Waals surface area contributed by atoms with Crippen molar-refractivity contribution in [1.82, 2.24) is 10.2 Å². The van der Waals surface area contributed by atoms with Crippen LogP contribution < -0.4 is 5.32 Å². The van der Waals surface area contributed by atoms with Gasteiger partial charge in [0.05, 0.1) is 12.6 Å². The zero-order valence-electron chi connectivity index (χ0n) is 10.2. The summed E-state index contributed by atoms with van der Waals surface area (Å²) in [5.74, 6) is -0.572. The van der Waals surface area contributed by atoms with Crippen LogP contribution in [0.15, 0.2) is 0 Å². The molecule has 1 aliphatic heterocycles. The molecule has 1 aliphatic rings. The van der Waals surface area contributed by atoms with E-state index in [9.17, 15) is 9.59 Å². The Kier molecular flexibility index (Phi) is 4.46. The predicted molar refractivity (Wildman–Crippen MR) is 59.8 cm³/mol. The van der Waals surface area contributed by atoms with Crippen molar-refractivity contribution >= 4 is 11.8 Å². The molecule has 6 nitrogen and oxygen atoms in total. The molecule has 0 aliphatic carbocycles. The molecule has 0 radical (unpaired) electrons. The van der Waals surface area contributed by atoms with Crippen molar-refractivity contribution < 1.29 is 14.3 Å². The van der Waals surface area contributed by atoms with Crippen molar-refractivity contribution in [1.29, 1.82) is 5.26 Å². The second-order valence-corrected chi connectivity index (χ2v) is 4.28. The Balaban J connectivity index is 2.56. The van der Waals surface area contributed by atoms with Crippen LogP contribution in [0.4, 0.5) is 0 Å². The van der Waals surface area contributed by atoms with Gasteiger partial charge in [-0.2, -0.15) is 5.26 Å². The number of hydrogen-bond acceptors (Lipinski definition) is 4. The number of hydrogen-bond donors (Lipinski definition) is 1. The normalized spacial score (nSPS) is 17.9. The first kappa shape index (κ1) is 13.5. The quantitative estimate of drug-likeness (QED) is 0.720. The minimum absolute atomic E-state index is 0.0733. The molecule has 1 N–H and O–H groups in total. The maximum Gasteiger partial charge on any atom is 0.241 e. The number of amides is 2. The maximum absolute atomic E-state index is 11.9. The highest BCUT2D eigenvalue weighted by atomic mass is 16.5. The summed E-state index contributed by atoms with van der Waals surface area (Å²) in [6.45, 7) is 0.737. The summed E-state index contributed by atoms with van der Waals surface area (Å²) in [4.78, 5) is 24.6. The van der Waals surface area contributed by atoms with E-state index in [0.29, 0.717) is 26.1 Å². The van der Waals surface area contributed by atoms with Crippen LogP contribution in [0.25, 0.3) is 0 Å². The zero-order valence-corrected chi connectivity index (χ0v) is 10.2. The van der Waals surface area contributed by atoms with E-state index in [0.717, 1.165) is 0 Å². The van der Waals surface area contributed by atoms with Crippen molar-refractivity contribution in [3.63, 3.8) is 0 Å². The summed E-state index contributed by atoms with van der Waals surface area (Å²) < 4.78 is 5.13. The lowest BCUT2D eigenvalue weighted by Gasteiger charge is -2.29. The average molecular weight is 239 g/mol. The van der Waals surface area contributed by atoms with Crippen molar-refractivity contribution in [3.05, 3.63) is 0 Å². The molecule has 1 saturated heterocycles. The molecule has 94 valence electrons. The van der Waals surface area contributed by atoms with Crippen molar-refractivity contribution in [3.8, 4) is 6.07 Å². The van der Waals surface area contributed by atoms with Gasteiger partial charge in [0.2, 0.25) is 11.8 Å². The fourth-order valence-electron chi connectivity index (χ4n) is 1.59. The molecule has 0 unspecified atom stereocenters. The van der Waals surface area contributed by atoms with Gasteiger partial charge < -0.3 is 15.0 Å². The Morgan fingerprint density at radius 3 is 2.47 bits per heavy atom. The predicted octanol–water partition coefficient (Wildman–Crippen LogP) is -0.489. The van der Waals surface area contributed by atoms with Gasteiger partial charge >= 0.3 is 0 Å². The van der Waals surface area contributed by atoms with Crippen LogP contribution >= 0.6 is 0 Å². The van der Waals surface area contributed by atoms with Crippen LogP contribution in [0, 0.1) is 16.7 Å². The monoisotopic (exact) mass is 239 g/mol. The third-order valence-corrected chi connectivity index (χ3v) is 2.89. The van der Waals surface area contributed by atoms with Crippen LogP contribution in [0.2, 0.25) is 0 Å². The summed E-state index contributed by atoms with van der Waals surface area (Å²) in [6.07, 6.45) is 0.761. The highest BCUT2D eigenvalue weighted by molar-refractivity contribution is 5.89. The first-order valence-corrected chi connectivity index (χ1v) is 5.49. The number of carbonyl (C=O) groups is 2. The molecule has 0 aromatic carbocycles. The van der Waals surface area contributed by atoms with E-state index in [1.807, 2.05) is 0 Å². The fourth-order valence-corrected chi connectivity index (χ4v) is 1.59. The van der Waals surface area contributed by atoms with E-state index < -0.39 is 5.41 Å². The van der Waals surface area contributed by atoms with Crippen LogP contribution in [0.3, 0.4) is 0 Å². The summed E-state index contributed by atoms with van der Waals surface area (Å²) in [7, 11) is 3.23. The SMILES string of the molecule is CN(C)C(=O)CNC(=O)C1(C#N)CCOCC1. The van der Waals surface area contributed by atoms with Gasteiger partial charge in [-0.3, -0.25) is 9.59 Å². The van der Waals surface area contributed by atoms with Crippen molar-refractivity contribution in [2.75, 3.05) is 33.9 Å². The Bertz CT molecular complexity index is 340. The molecule has 0 saturated carbocycles. The van der Waals surface area contributed by atoms with E-state index in [-0.39, 0.29) is 18.4 Å². The lowest BCUT2D eigenvalue weighted by Crippen LogP contribution is -2.46. The highest BCUT2D eigenvalue weighted by Gasteiger charge is 2.40. The van der Waals surface area contributed by atoms with Crippen molar-refractivity contribution in [2.45, 2.75) is 12.8 Å². The number of nitrogens with one attached hydrogen (secondary N) is 1. The number of carbonyl (C=O) groups excluding carboxylic acids is 2. The van der Waals surface area contributed by atoms with Crippen LogP contribution in [-0.4, -0.2) is 50.6 Å². The number of likely N-dealkylation sites (N-methyl/N-ethyl adjacent to an activating group) is 1. The van der Waals surface area contributed by atoms with E-state index in [2.05, 4.69) is 11.4 Å². The Morgan fingerprint density at radius 1 is 1.41 bits per heavy atom. The zero-order chi connectivity index (χ0) is 12.9. The lowest BCUT2D eigenvalue weighted by atomic mass is 9.81. The minimum Gasteiger partial charge on any atom is -0.381 e. The molecule has 0 atom stereocenters. The molecule has 1 rings (SSSR count). The van der Waals surface area contributed by atoms with Crippen LogP contribution in [0.1, 0.15) is 12.8 Å². The number of nitrogens with zero attached hydrogens (tertiary/aromatic N) is 2. The van der Waals surface area contributed by atoms with Gasteiger partial charge in [-0.15, -0.1) is 0 Å². The molecule has 1 fully saturated rings. The first-order valence-electron chi connectivity index (χ1n) is 5.49. The minimum atomic E-state index is -1.04. The smallest absolute Gasteiger partial charge is 0.241 e. The average Bonchev–Trinajstić information content (AvgIpc) is 2.36. The molecule has 1 heterocycles. The van der Waals surface area contributed by atoms with Gasteiger partial charge in [0.25, 0.3) is 0 Å². The molecule has 0 bridgehead atoms. The number of nitriles is 1. The largest absolute Gasteiger partial charge is 0.381 e. The Hall–Kier alpha value is -1.61.